The number of hydrogen-bond acceptors (Lipinski definition) is 4. The summed E-state index contributed by atoms with van der Waals surface area (Å²) in [7, 11) is -2.33. The van der Waals surface area contributed by atoms with Crippen molar-refractivity contribution in [2.45, 2.75) is 11.0 Å². The smallest absolute Gasteiger partial charge is 0.242 e. The van der Waals surface area contributed by atoms with E-state index in [1.165, 1.54) is 7.11 Å². The lowest BCUT2D eigenvalue weighted by molar-refractivity contribution is 0.107. The lowest BCUT2D eigenvalue weighted by Crippen LogP contribution is -2.29. The molecule has 0 bridgehead atoms. The quantitative estimate of drug-likeness (QED) is 0.884. The fraction of sp³-hybridized carbons (Fsp3) is 0.214. The number of benzene rings is 1. The summed E-state index contributed by atoms with van der Waals surface area (Å²) in [6.07, 6.45) is 1.61. The molecule has 0 aliphatic carbocycles. The normalized spacial score (nSPS) is 13.0. The first-order valence-electron chi connectivity index (χ1n) is 6.21. The zero-order chi connectivity index (χ0) is 15.3. The zero-order valence-electron chi connectivity index (χ0n) is 11.4. The number of nitrogens with zero attached hydrogens (tertiary/aromatic N) is 1. The number of hydrogen-bond donors (Lipinski definition) is 1. The van der Waals surface area contributed by atoms with Crippen molar-refractivity contribution < 1.29 is 17.5 Å². The molecular formula is C14H15FN2O3S. The topological polar surface area (TPSA) is 68.3 Å². The van der Waals surface area contributed by atoms with Crippen LogP contribution in [0.4, 0.5) is 4.39 Å². The van der Waals surface area contributed by atoms with Crippen molar-refractivity contribution in [1.82, 2.24) is 9.71 Å². The molecule has 2 rings (SSSR count). The molecule has 0 spiro atoms. The van der Waals surface area contributed by atoms with Gasteiger partial charge in [-0.2, -0.15) is 0 Å². The second-order valence-electron chi connectivity index (χ2n) is 4.33. The molecule has 0 aliphatic rings. The third-order valence-electron chi connectivity index (χ3n) is 2.90. The summed E-state index contributed by atoms with van der Waals surface area (Å²) < 4.78 is 44.8. The standard InChI is InChI=1S/C14H15FN2O3S/c1-20-14(11-5-3-2-4-6-11)10-17-21(18,19)13-7-12(15)8-16-9-13/h2-9,14,17H,10H2,1H3/t14-/m0/s1. The van der Waals surface area contributed by atoms with Gasteiger partial charge in [0.2, 0.25) is 10.0 Å². The van der Waals surface area contributed by atoms with E-state index in [1.807, 2.05) is 30.3 Å². The van der Waals surface area contributed by atoms with Crippen molar-refractivity contribution in [3.05, 3.63) is 60.2 Å². The third-order valence-corrected chi connectivity index (χ3v) is 4.30. The molecule has 5 nitrogen and oxygen atoms in total. The van der Waals surface area contributed by atoms with Gasteiger partial charge in [0.25, 0.3) is 0 Å². The molecule has 21 heavy (non-hydrogen) atoms. The van der Waals surface area contributed by atoms with Gasteiger partial charge in [-0.15, -0.1) is 0 Å². The van der Waals surface area contributed by atoms with E-state index < -0.39 is 21.9 Å². The highest BCUT2D eigenvalue weighted by molar-refractivity contribution is 7.89. The third kappa shape index (κ3) is 4.07. The van der Waals surface area contributed by atoms with Gasteiger partial charge in [-0.3, -0.25) is 4.98 Å². The Balaban J connectivity index is 2.11. The predicted molar refractivity (Wildman–Crippen MR) is 75.6 cm³/mol. The van der Waals surface area contributed by atoms with Crippen LogP contribution in [-0.4, -0.2) is 27.1 Å². The van der Waals surface area contributed by atoms with E-state index in [0.717, 1.165) is 24.0 Å². The molecular weight excluding hydrogens is 295 g/mol. The molecule has 112 valence electrons. The highest BCUT2D eigenvalue weighted by atomic mass is 32.2. The van der Waals surface area contributed by atoms with Crippen LogP contribution in [0.3, 0.4) is 0 Å². The maximum atomic E-state index is 13.0. The van der Waals surface area contributed by atoms with Crippen molar-refractivity contribution in [1.29, 1.82) is 0 Å². The Morgan fingerprint density at radius 2 is 2.00 bits per heavy atom. The van der Waals surface area contributed by atoms with Gasteiger partial charge < -0.3 is 4.74 Å². The molecule has 0 saturated heterocycles. The summed E-state index contributed by atoms with van der Waals surface area (Å²) in [6.45, 7) is 0.0410. The molecule has 0 radical (unpaired) electrons. The van der Waals surface area contributed by atoms with Gasteiger partial charge in [-0.05, 0) is 11.6 Å². The first kappa shape index (κ1) is 15.6. The second-order valence-corrected chi connectivity index (χ2v) is 6.09. The molecule has 1 aromatic heterocycles. The average Bonchev–Trinajstić information content (AvgIpc) is 2.49. The molecule has 0 fully saturated rings. The van der Waals surface area contributed by atoms with Gasteiger partial charge in [0, 0.05) is 19.9 Å². The minimum atomic E-state index is -3.83. The van der Waals surface area contributed by atoms with E-state index in [1.54, 1.807) is 0 Å². The van der Waals surface area contributed by atoms with E-state index in [4.69, 9.17) is 4.74 Å². The van der Waals surface area contributed by atoms with Crippen molar-refractivity contribution in [3.63, 3.8) is 0 Å². The number of nitrogens with one attached hydrogen (secondary N) is 1. The van der Waals surface area contributed by atoms with Crippen molar-refractivity contribution in [2.24, 2.45) is 0 Å². The maximum Gasteiger partial charge on any atom is 0.242 e. The van der Waals surface area contributed by atoms with Crippen LogP contribution in [0.5, 0.6) is 0 Å². The van der Waals surface area contributed by atoms with Crippen LogP contribution in [0, 0.1) is 5.82 Å². The van der Waals surface area contributed by atoms with E-state index in [2.05, 4.69) is 9.71 Å². The van der Waals surface area contributed by atoms with Crippen molar-refractivity contribution in [2.75, 3.05) is 13.7 Å². The SMILES string of the molecule is CO[C@@H](CNS(=O)(=O)c1cncc(F)c1)c1ccccc1. The van der Waals surface area contributed by atoms with Gasteiger partial charge in [0.1, 0.15) is 10.7 Å². The van der Waals surface area contributed by atoms with Crippen molar-refractivity contribution in [3.8, 4) is 0 Å². The Labute approximate surface area is 122 Å². The predicted octanol–water partition coefficient (Wildman–Crippen LogP) is 1.89. The van der Waals surface area contributed by atoms with Crippen LogP contribution in [-0.2, 0) is 14.8 Å². The summed E-state index contributed by atoms with van der Waals surface area (Å²) >= 11 is 0. The van der Waals surface area contributed by atoms with Crippen LogP contribution in [0.15, 0.2) is 53.7 Å². The molecule has 0 aliphatic heterocycles. The van der Waals surface area contributed by atoms with Gasteiger partial charge in [0.15, 0.2) is 0 Å². The van der Waals surface area contributed by atoms with Gasteiger partial charge in [0.05, 0.1) is 12.3 Å². The molecule has 7 heteroatoms. The fourth-order valence-corrected chi connectivity index (χ4v) is 2.82. The Bertz CT molecular complexity index is 692. The molecule has 1 N–H and O–H groups in total. The van der Waals surface area contributed by atoms with E-state index in [9.17, 15) is 12.8 Å². The molecule has 1 aromatic carbocycles. The Morgan fingerprint density at radius 1 is 1.29 bits per heavy atom. The molecule has 1 heterocycles. The van der Waals surface area contributed by atoms with Crippen LogP contribution < -0.4 is 4.72 Å². The average molecular weight is 310 g/mol. The highest BCUT2D eigenvalue weighted by Crippen LogP contribution is 2.16. The summed E-state index contributed by atoms with van der Waals surface area (Å²) in [4.78, 5) is 3.31. The van der Waals surface area contributed by atoms with E-state index in [0.29, 0.717) is 0 Å². The van der Waals surface area contributed by atoms with Crippen molar-refractivity contribution >= 4 is 10.0 Å². The number of methoxy groups -OCH3 is 1. The number of ether oxygens (including phenoxy) is 1. The Morgan fingerprint density at radius 3 is 2.62 bits per heavy atom. The van der Waals surface area contributed by atoms with Gasteiger partial charge in [-0.1, -0.05) is 30.3 Å². The van der Waals surface area contributed by atoms with E-state index in [-0.39, 0.29) is 11.4 Å². The fourth-order valence-electron chi connectivity index (χ4n) is 1.81. The first-order valence-corrected chi connectivity index (χ1v) is 7.69. The minimum Gasteiger partial charge on any atom is -0.375 e. The molecule has 0 unspecified atom stereocenters. The van der Waals surface area contributed by atoms with Crippen LogP contribution >= 0.6 is 0 Å². The zero-order valence-corrected chi connectivity index (χ0v) is 12.2. The Hall–Kier alpha value is -1.83. The summed E-state index contributed by atoms with van der Waals surface area (Å²) in [5, 5.41) is 0. The summed E-state index contributed by atoms with van der Waals surface area (Å²) in [5.41, 5.74) is 0.847. The van der Waals surface area contributed by atoms with Crippen LogP contribution in [0.1, 0.15) is 11.7 Å². The molecule has 0 saturated carbocycles. The second kappa shape index (κ2) is 6.75. The van der Waals surface area contributed by atoms with Gasteiger partial charge >= 0.3 is 0 Å². The molecule has 2 aromatic rings. The molecule has 0 amide bonds. The van der Waals surface area contributed by atoms with Crippen LogP contribution in [0.2, 0.25) is 0 Å². The maximum absolute atomic E-state index is 13.0. The monoisotopic (exact) mass is 310 g/mol. The lowest BCUT2D eigenvalue weighted by Gasteiger charge is -2.16. The van der Waals surface area contributed by atoms with Crippen LogP contribution in [0.25, 0.3) is 0 Å². The summed E-state index contributed by atoms with van der Waals surface area (Å²) in [5.74, 6) is -0.704. The largest absolute Gasteiger partial charge is 0.375 e. The van der Waals surface area contributed by atoms with E-state index >= 15 is 0 Å². The number of rotatable bonds is 6. The molecule has 1 atom stereocenters. The number of sulfonamides is 1. The van der Waals surface area contributed by atoms with Gasteiger partial charge in [-0.25, -0.2) is 17.5 Å². The highest BCUT2D eigenvalue weighted by Gasteiger charge is 2.18. The minimum absolute atomic E-state index is 0.0410. The number of halogens is 1. The number of aromatic nitrogens is 1. The summed E-state index contributed by atoms with van der Waals surface area (Å²) in [6, 6.07) is 10.1. The number of pyridine rings is 1. The first-order chi connectivity index (χ1) is 10.0. The lowest BCUT2D eigenvalue weighted by atomic mass is 10.1. The Kier molecular flexibility index (Phi) is 5.00.